The Balaban J connectivity index is 1.69. The number of ketones is 1. The van der Waals surface area contributed by atoms with Gasteiger partial charge in [-0.05, 0) is 44.0 Å². The topological polar surface area (TPSA) is 80.8 Å². The second kappa shape index (κ2) is 8.10. The molecule has 1 atom stereocenters. The molecule has 0 unspecified atom stereocenters. The molecule has 3 rings (SSSR count). The first-order valence-corrected chi connectivity index (χ1v) is 11.0. The molecule has 27 heavy (non-hydrogen) atoms. The van der Waals surface area contributed by atoms with E-state index in [2.05, 4.69) is 0 Å². The molecular weight excluding hydrogens is 410 g/mol. The molecule has 1 aromatic heterocycles. The molecule has 0 spiro atoms. The molecule has 2 heterocycles. The number of Topliss-reactive ketones (excluding diaryl/α,β-unsaturated/α-hetero) is 1. The zero-order chi connectivity index (χ0) is 19.6. The van der Waals surface area contributed by atoms with Gasteiger partial charge >= 0.3 is 5.97 Å². The number of thiophene rings is 1. The minimum Gasteiger partial charge on any atom is -0.456 e. The second-order valence-corrected chi connectivity index (χ2v) is 9.83. The molecule has 0 bridgehead atoms. The Bertz CT molecular complexity index is 952. The first kappa shape index (κ1) is 20.0. The van der Waals surface area contributed by atoms with E-state index in [1.54, 1.807) is 24.3 Å². The zero-order valence-corrected chi connectivity index (χ0v) is 16.9. The summed E-state index contributed by atoms with van der Waals surface area (Å²) in [5.41, 5.74) is 0.943. The Morgan fingerprint density at radius 2 is 1.93 bits per heavy atom. The van der Waals surface area contributed by atoms with Crippen LogP contribution in [0.1, 0.15) is 28.1 Å². The van der Waals surface area contributed by atoms with Gasteiger partial charge in [0.15, 0.2) is 6.61 Å². The Labute approximate surface area is 166 Å². The van der Waals surface area contributed by atoms with Crippen LogP contribution in [0.4, 0.5) is 0 Å². The SMILES string of the molecule is Cc1ccc(S(=O)(=O)N2CCC[C@H]2C(=O)OCC(=O)c2ccc(Cl)s2)cc1. The average molecular weight is 428 g/mol. The van der Waals surface area contributed by atoms with Gasteiger partial charge in [0.1, 0.15) is 6.04 Å². The number of sulfonamides is 1. The number of ether oxygens (including phenoxy) is 1. The van der Waals surface area contributed by atoms with Gasteiger partial charge in [-0.15, -0.1) is 11.3 Å². The lowest BCUT2D eigenvalue weighted by Gasteiger charge is -2.22. The Morgan fingerprint density at radius 3 is 2.56 bits per heavy atom. The quantitative estimate of drug-likeness (QED) is 0.522. The lowest BCUT2D eigenvalue weighted by molar-refractivity contribution is -0.146. The molecule has 2 aromatic rings. The number of carbonyl (C=O) groups is 2. The number of aryl methyl sites for hydroxylation is 1. The van der Waals surface area contributed by atoms with Crippen LogP contribution in [0.15, 0.2) is 41.3 Å². The minimum atomic E-state index is -3.80. The van der Waals surface area contributed by atoms with Crippen molar-refractivity contribution in [2.75, 3.05) is 13.2 Å². The monoisotopic (exact) mass is 427 g/mol. The Kier molecular flexibility index (Phi) is 6.00. The van der Waals surface area contributed by atoms with Crippen molar-refractivity contribution >= 4 is 44.7 Å². The minimum absolute atomic E-state index is 0.136. The number of rotatable bonds is 6. The number of benzene rings is 1. The number of hydrogen-bond donors (Lipinski definition) is 0. The maximum atomic E-state index is 12.9. The highest BCUT2D eigenvalue weighted by molar-refractivity contribution is 7.89. The van der Waals surface area contributed by atoms with Crippen molar-refractivity contribution in [3.63, 3.8) is 0 Å². The number of nitrogens with zero attached hydrogens (tertiary/aromatic N) is 1. The molecule has 1 aliphatic heterocycles. The largest absolute Gasteiger partial charge is 0.456 e. The third-order valence-electron chi connectivity index (χ3n) is 4.30. The van der Waals surface area contributed by atoms with Crippen LogP contribution in [0.25, 0.3) is 0 Å². The molecule has 6 nitrogen and oxygen atoms in total. The van der Waals surface area contributed by atoms with Gasteiger partial charge in [0.25, 0.3) is 0 Å². The highest BCUT2D eigenvalue weighted by atomic mass is 35.5. The van der Waals surface area contributed by atoms with Crippen molar-refractivity contribution in [2.45, 2.75) is 30.7 Å². The molecule has 1 aromatic carbocycles. The van der Waals surface area contributed by atoms with Gasteiger partial charge < -0.3 is 4.74 Å². The van der Waals surface area contributed by atoms with Gasteiger partial charge in [-0.2, -0.15) is 4.31 Å². The molecule has 0 amide bonds. The van der Waals surface area contributed by atoms with Crippen LogP contribution in [-0.2, 0) is 19.6 Å². The van der Waals surface area contributed by atoms with Gasteiger partial charge in [-0.3, -0.25) is 9.59 Å². The molecule has 1 saturated heterocycles. The number of halogens is 1. The Morgan fingerprint density at radius 1 is 1.22 bits per heavy atom. The number of hydrogen-bond acceptors (Lipinski definition) is 6. The van der Waals surface area contributed by atoms with E-state index in [0.717, 1.165) is 21.2 Å². The van der Waals surface area contributed by atoms with Crippen molar-refractivity contribution in [3.8, 4) is 0 Å². The van der Waals surface area contributed by atoms with Gasteiger partial charge in [0, 0.05) is 6.54 Å². The van der Waals surface area contributed by atoms with Gasteiger partial charge in [0.05, 0.1) is 14.1 Å². The molecule has 0 aliphatic carbocycles. The summed E-state index contributed by atoms with van der Waals surface area (Å²) in [6.45, 7) is 1.67. The molecular formula is C18H18ClNO5S2. The molecule has 1 fully saturated rings. The normalized spacial score (nSPS) is 17.8. The van der Waals surface area contributed by atoms with Gasteiger partial charge in [0.2, 0.25) is 15.8 Å². The highest BCUT2D eigenvalue weighted by Crippen LogP contribution is 2.27. The van der Waals surface area contributed by atoms with Crippen molar-refractivity contribution < 1.29 is 22.7 Å². The van der Waals surface area contributed by atoms with E-state index in [-0.39, 0.29) is 17.2 Å². The molecule has 0 N–H and O–H groups in total. The summed E-state index contributed by atoms with van der Waals surface area (Å²) >= 11 is 6.89. The maximum absolute atomic E-state index is 12.9. The van der Waals surface area contributed by atoms with E-state index in [0.29, 0.717) is 22.1 Å². The summed E-state index contributed by atoms with van der Waals surface area (Å²) in [6.07, 6.45) is 0.919. The van der Waals surface area contributed by atoms with E-state index in [1.165, 1.54) is 12.1 Å². The van der Waals surface area contributed by atoms with Crippen molar-refractivity contribution in [1.29, 1.82) is 0 Å². The molecule has 144 valence electrons. The van der Waals surface area contributed by atoms with Crippen molar-refractivity contribution in [2.24, 2.45) is 0 Å². The fraction of sp³-hybridized carbons (Fsp3) is 0.333. The lowest BCUT2D eigenvalue weighted by atomic mass is 10.2. The third kappa shape index (κ3) is 4.40. The highest BCUT2D eigenvalue weighted by Gasteiger charge is 2.40. The second-order valence-electron chi connectivity index (χ2n) is 6.22. The van der Waals surface area contributed by atoms with E-state index in [1.807, 2.05) is 6.92 Å². The summed E-state index contributed by atoms with van der Waals surface area (Å²) in [5, 5.41) is 0. The first-order chi connectivity index (χ1) is 12.8. The standard InChI is InChI=1S/C18H18ClNO5S2/c1-12-4-6-13(7-5-12)27(23,24)20-10-2-3-14(20)18(22)25-11-15(21)16-8-9-17(19)26-16/h4-9,14H,2-3,10-11H2,1H3/t14-/m0/s1. The summed E-state index contributed by atoms with van der Waals surface area (Å²) < 4.78 is 32.5. The Hall–Kier alpha value is -1.74. The predicted molar refractivity (Wildman–Crippen MR) is 103 cm³/mol. The number of esters is 1. The fourth-order valence-electron chi connectivity index (χ4n) is 2.88. The van der Waals surface area contributed by atoms with Crippen molar-refractivity contribution in [1.82, 2.24) is 4.31 Å². The van der Waals surface area contributed by atoms with Crippen LogP contribution in [0.3, 0.4) is 0 Å². The van der Waals surface area contributed by atoms with Crippen LogP contribution in [0, 0.1) is 6.92 Å². The van der Waals surface area contributed by atoms with Gasteiger partial charge in [-0.1, -0.05) is 29.3 Å². The zero-order valence-electron chi connectivity index (χ0n) is 14.6. The average Bonchev–Trinajstić information content (AvgIpc) is 3.29. The third-order valence-corrected chi connectivity index (χ3v) is 7.49. The van der Waals surface area contributed by atoms with Crippen LogP contribution >= 0.6 is 22.9 Å². The van der Waals surface area contributed by atoms with E-state index in [4.69, 9.17) is 16.3 Å². The molecule has 1 aliphatic rings. The van der Waals surface area contributed by atoms with Crippen LogP contribution in [-0.4, -0.2) is 43.7 Å². The lowest BCUT2D eigenvalue weighted by Crippen LogP contribution is -2.41. The van der Waals surface area contributed by atoms with E-state index < -0.39 is 28.6 Å². The predicted octanol–water partition coefficient (Wildman–Crippen LogP) is 3.29. The van der Waals surface area contributed by atoms with Crippen molar-refractivity contribution in [3.05, 3.63) is 51.2 Å². The van der Waals surface area contributed by atoms with Gasteiger partial charge in [-0.25, -0.2) is 8.42 Å². The summed E-state index contributed by atoms with van der Waals surface area (Å²) in [4.78, 5) is 25.0. The summed E-state index contributed by atoms with van der Waals surface area (Å²) in [6, 6.07) is 8.70. The molecule has 0 saturated carbocycles. The van der Waals surface area contributed by atoms with Crippen LogP contribution in [0.2, 0.25) is 4.34 Å². The van der Waals surface area contributed by atoms with Crippen LogP contribution in [0.5, 0.6) is 0 Å². The molecule has 9 heteroatoms. The van der Waals surface area contributed by atoms with E-state index in [9.17, 15) is 18.0 Å². The smallest absolute Gasteiger partial charge is 0.324 e. The van der Waals surface area contributed by atoms with E-state index >= 15 is 0 Å². The number of carbonyl (C=O) groups excluding carboxylic acids is 2. The summed E-state index contributed by atoms with van der Waals surface area (Å²) in [5.74, 6) is -1.08. The maximum Gasteiger partial charge on any atom is 0.324 e. The fourth-order valence-corrected chi connectivity index (χ4v) is 5.49. The molecule has 0 radical (unpaired) electrons. The first-order valence-electron chi connectivity index (χ1n) is 8.33. The summed E-state index contributed by atoms with van der Waals surface area (Å²) in [7, 11) is -3.80. The van der Waals surface area contributed by atoms with Crippen LogP contribution < -0.4 is 0 Å².